The van der Waals surface area contributed by atoms with Gasteiger partial charge in [0, 0.05) is 10.8 Å². The Bertz CT molecular complexity index is 1120. The average Bonchev–Trinajstić information content (AvgIpc) is 3.29. The maximum Gasteiger partial charge on any atom is 0.258 e. The minimum absolute atomic E-state index is 0.301. The van der Waals surface area contributed by atoms with Gasteiger partial charge in [0.05, 0.1) is 17.2 Å². The van der Waals surface area contributed by atoms with Gasteiger partial charge in [-0.3, -0.25) is 10.1 Å². The van der Waals surface area contributed by atoms with E-state index in [-0.39, 0.29) is 5.91 Å². The molecule has 27 heavy (non-hydrogen) atoms. The Hall–Kier alpha value is -2.83. The molecule has 2 heterocycles. The van der Waals surface area contributed by atoms with Crippen molar-refractivity contribution >= 4 is 44.9 Å². The number of aromatic nitrogens is 1. The van der Waals surface area contributed by atoms with Crippen LogP contribution in [0.25, 0.3) is 22.4 Å². The average molecular weight is 399 g/mol. The Balaban J connectivity index is 1.59. The number of nitrogens with one attached hydrogen (secondary N) is 1. The summed E-state index contributed by atoms with van der Waals surface area (Å²) >= 11 is 7.39. The van der Waals surface area contributed by atoms with E-state index in [0.29, 0.717) is 45.1 Å². The number of para-hydroxylation sites is 1. The number of anilines is 1. The van der Waals surface area contributed by atoms with Crippen LogP contribution >= 0.6 is 22.9 Å². The van der Waals surface area contributed by atoms with Crippen LogP contribution in [-0.2, 0) is 0 Å². The first-order chi connectivity index (χ1) is 13.2. The number of thiazole rings is 1. The lowest BCUT2D eigenvalue weighted by Crippen LogP contribution is -2.12. The van der Waals surface area contributed by atoms with E-state index in [9.17, 15) is 4.79 Å². The highest BCUT2D eigenvalue weighted by Crippen LogP contribution is 2.34. The molecule has 0 aliphatic heterocycles. The Morgan fingerprint density at radius 1 is 1.26 bits per heavy atom. The van der Waals surface area contributed by atoms with Gasteiger partial charge in [-0.1, -0.05) is 35.9 Å². The Morgan fingerprint density at radius 3 is 2.93 bits per heavy atom. The number of benzene rings is 2. The summed E-state index contributed by atoms with van der Waals surface area (Å²) in [7, 11) is 0. The van der Waals surface area contributed by atoms with E-state index in [0.717, 1.165) is 5.39 Å². The van der Waals surface area contributed by atoms with Crippen LogP contribution in [0.5, 0.6) is 5.75 Å². The SMILES string of the molecule is CCOc1cccc2cc(-c3csc(NC(=O)c4ccccc4Cl)n3)oc12. The zero-order valence-corrected chi connectivity index (χ0v) is 15.9. The van der Waals surface area contributed by atoms with Gasteiger partial charge in [0.25, 0.3) is 5.91 Å². The molecular formula is C20H15ClN2O3S. The molecule has 0 bridgehead atoms. The zero-order valence-electron chi connectivity index (χ0n) is 14.4. The van der Waals surface area contributed by atoms with Crippen LogP contribution in [-0.4, -0.2) is 17.5 Å². The van der Waals surface area contributed by atoms with Crippen LogP contribution in [0.4, 0.5) is 5.13 Å². The number of hydrogen-bond acceptors (Lipinski definition) is 5. The topological polar surface area (TPSA) is 64.4 Å². The summed E-state index contributed by atoms with van der Waals surface area (Å²) in [5, 5.41) is 6.41. The summed E-state index contributed by atoms with van der Waals surface area (Å²) in [4.78, 5) is 16.8. The minimum Gasteiger partial charge on any atom is -0.490 e. The highest BCUT2D eigenvalue weighted by molar-refractivity contribution is 7.14. The first-order valence-corrected chi connectivity index (χ1v) is 9.58. The second kappa shape index (κ2) is 7.42. The van der Waals surface area contributed by atoms with Gasteiger partial charge in [0.2, 0.25) is 0 Å². The summed E-state index contributed by atoms with van der Waals surface area (Å²) in [6.07, 6.45) is 0. The van der Waals surface area contributed by atoms with Crippen LogP contribution in [0.2, 0.25) is 5.02 Å². The van der Waals surface area contributed by atoms with E-state index in [1.807, 2.05) is 36.6 Å². The first kappa shape index (κ1) is 17.6. The summed E-state index contributed by atoms with van der Waals surface area (Å²) in [6, 6.07) is 14.5. The highest BCUT2D eigenvalue weighted by Gasteiger charge is 2.15. The van der Waals surface area contributed by atoms with Crippen LogP contribution in [0.15, 0.2) is 58.3 Å². The van der Waals surface area contributed by atoms with Crippen molar-refractivity contribution in [1.29, 1.82) is 0 Å². The molecule has 0 fully saturated rings. The fourth-order valence-corrected chi connectivity index (χ4v) is 3.60. The lowest BCUT2D eigenvalue weighted by molar-refractivity contribution is 0.102. The van der Waals surface area contributed by atoms with Crippen molar-refractivity contribution in [2.75, 3.05) is 11.9 Å². The minimum atomic E-state index is -0.301. The smallest absolute Gasteiger partial charge is 0.258 e. The quantitative estimate of drug-likeness (QED) is 0.457. The Kier molecular flexibility index (Phi) is 4.83. The van der Waals surface area contributed by atoms with Gasteiger partial charge in [-0.15, -0.1) is 11.3 Å². The van der Waals surface area contributed by atoms with Crippen molar-refractivity contribution in [3.05, 3.63) is 64.5 Å². The molecule has 4 aromatic rings. The van der Waals surface area contributed by atoms with Gasteiger partial charge in [-0.05, 0) is 31.2 Å². The van der Waals surface area contributed by atoms with Gasteiger partial charge in [-0.2, -0.15) is 0 Å². The van der Waals surface area contributed by atoms with Crippen LogP contribution in [0, 0.1) is 0 Å². The van der Waals surface area contributed by atoms with Crippen LogP contribution < -0.4 is 10.1 Å². The van der Waals surface area contributed by atoms with Gasteiger partial charge in [-0.25, -0.2) is 4.98 Å². The second-order valence-electron chi connectivity index (χ2n) is 5.69. The van der Waals surface area contributed by atoms with E-state index < -0.39 is 0 Å². The number of amides is 1. The van der Waals surface area contributed by atoms with Gasteiger partial charge in [0.15, 0.2) is 22.2 Å². The van der Waals surface area contributed by atoms with Crippen molar-refractivity contribution in [2.24, 2.45) is 0 Å². The predicted octanol–water partition coefficient (Wildman–Crippen LogP) is 5.86. The lowest BCUT2D eigenvalue weighted by Gasteiger charge is -2.03. The molecule has 0 saturated heterocycles. The van der Waals surface area contributed by atoms with Gasteiger partial charge in [0.1, 0.15) is 5.69 Å². The normalized spacial score (nSPS) is 10.9. The molecule has 0 unspecified atom stereocenters. The molecule has 1 amide bonds. The molecule has 7 heteroatoms. The first-order valence-electron chi connectivity index (χ1n) is 8.33. The predicted molar refractivity (Wildman–Crippen MR) is 108 cm³/mol. The highest BCUT2D eigenvalue weighted by atomic mass is 35.5. The number of hydrogen-bond donors (Lipinski definition) is 1. The zero-order chi connectivity index (χ0) is 18.8. The third kappa shape index (κ3) is 3.54. The molecular weight excluding hydrogens is 384 g/mol. The molecule has 4 rings (SSSR count). The summed E-state index contributed by atoms with van der Waals surface area (Å²) < 4.78 is 11.6. The van der Waals surface area contributed by atoms with Crippen LogP contribution in [0.3, 0.4) is 0 Å². The number of rotatable bonds is 5. The van der Waals surface area contributed by atoms with E-state index >= 15 is 0 Å². The molecule has 2 aromatic heterocycles. The van der Waals surface area contributed by atoms with Gasteiger partial charge < -0.3 is 9.15 Å². The third-order valence-electron chi connectivity index (χ3n) is 3.90. The molecule has 5 nitrogen and oxygen atoms in total. The summed E-state index contributed by atoms with van der Waals surface area (Å²) in [5.74, 6) is 1.01. The maximum absolute atomic E-state index is 12.4. The number of carbonyl (C=O) groups excluding carboxylic acids is 1. The molecule has 1 N–H and O–H groups in total. The second-order valence-corrected chi connectivity index (χ2v) is 6.96. The number of halogens is 1. The van der Waals surface area contributed by atoms with Crippen molar-refractivity contribution in [3.63, 3.8) is 0 Å². The Morgan fingerprint density at radius 2 is 2.11 bits per heavy atom. The largest absolute Gasteiger partial charge is 0.490 e. The molecule has 2 aromatic carbocycles. The number of fused-ring (bicyclic) bond motifs is 1. The molecule has 0 aliphatic carbocycles. The van der Waals surface area contributed by atoms with Crippen LogP contribution in [0.1, 0.15) is 17.3 Å². The van der Waals surface area contributed by atoms with Crippen molar-refractivity contribution in [3.8, 4) is 17.2 Å². The lowest BCUT2D eigenvalue weighted by atomic mass is 10.2. The Labute approximate surface area is 164 Å². The number of nitrogens with zero attached hydrogens (tertiary/aromatic N) is 1. The van der Waals surface area contributed by atoms with E-state index in [1.165, 1.54) is 11.3 Å². The molecule has 0 saturated carbocycles. The van der Waals surface area contributed by atoms with E-state index in [4.69, 9.17) is 20.8 Å². The summed E-state index contributed by atoms with van der Waals surface area (Å²) in [6.45, 7) is 2.49. The number of carbonyl (C=O) groups is 1. The van der Waals surface area contributed by atoms with Gasteiger partial charge >= 0.3 is 0 Å². The summed E-state index contributed by atoms with van der Waals surface area (Å²) in [5.41, 5.74) is 1.73. The maximum atomic E-state index is 12.4. The number of ether oxygens (including phenoxy) is 1. The third-order valence-corrected chi connectivity index (χ3v) is 4.99. The van der Waals surface area contributed by atoms with E-state index in [1.54, 1.807) is 24.3 Å². The van der Waals surface area contributed by atoms with Crippen molar-refractivity contribution < 1.29 is 13.9 Å². The van der Waals surface area contributed by atoms with E-state index in [2.05, 4.69) is 10.3 Å². The molecule has 0 spiro atoms. The van der Waals surface area contributed by atoms with Crippen molar-refractivity contribution in [2.45, 2.75) is 6.92 Å². The fourth-order valence-electron chi connectivity index (χ4n) is 2.69. The number of furan rings is 1. The standard InChI is InChI=1S/C20H15ClN2O3S/c1-2-25-16-9-5-6-12-10-17(26-18(12)16)15-11-27-20(22-15)23-19(24)13-7-3-4-8-14(13)21/h3-11H,2H2,1H3,(H,22,23,24). The molecule has 0 atom stereocenters. The molecule has 136 valence electrons. The molecule has 0 aliphatic rings. The fraction of sp³-hybridized carbons (Fsp3) is 0.100. The monoisotopic (exact) mass is 398 g/mol. The molecule has 0 radical (unpaired) electrons. The van der Waals surface area contributed by atoms with Crippen molar-refractivity contribution in [1.82, 2.24) is 4.98 Å².